The first kappa shape index (κ1) is 15.8. The Bertz CT molecular complexity index is 531. The van der Waals surface area contributed by atoms with E-state index < -0.39 is 11.7 Å². The summed E-state index contributed by atoms with van der Waals surface area (Å²) in [6.45, 7) is 1.83. The summed E-state index contributed by atoms with van der Waals surface area (Å²) >= 11 is 0. The molecule has 1 saturated carbocycles. The number of nitrogens with one attached hydrogen (secondary N) is 1. The number of halogens is 3. The van der Waals surface area contributed by atoms with E-state index in [9.17, 15) is 18.0 Å². The third-order valence-electron chi connectivity index (χ3n) is 4.21. The minimum atomic E-state index is -4.42. The zero-order valence-corrected chi connectivity index (χ0v) is 11.9. The average molecular weight is 300 g/mol. The van der Waals surface area contributed by atoms with Gasteiger partial charge in [0.2, 0.25) is 5.91 Å². The van der Waals surface area contributed by atoms with Gasteiger partial charge in [0.05, 0.1) is 5.56 Å². The fourth-order valence-electron chi connectivity index (χ4n) is 2.68. The monoisotopic (exact) mass is 300 g/mol. The summed E-state index contributed by atoms with van der Waals surface area (Å²) < 4.78 is 38.5. The van der Waals surface area contributed by atoms with E-state index in [0.29, 0.717) is 6.54 Å². The normalized spacial score (nSPS) is 17.2. The molecular formula is C15H19F3N2O. The van der Waals surface area contributed by atoms with Gasteiger partial charge in [-0.15, -0.1) is 0 Å². The fourth-order valence-corrected chi connectivity index (χ4v) is 2.68. The Morgan fingerprint density at radius 3 is 2.52 bits per heavy atom. The van der Waals surface area contributed by atoms with Crippen molar-refractivity contribution < 1.29 is 18.0 Å². The summed E-state index contributed by atoms with van der Waals surface area (Å²) in [7, 11) is 0. The molecule has 0 aromatic heterocycles. The van der Waals surface area contributed by atoms with E-state index in [-0.39, 0.29) is 29.0 Å². The molecule has 0 spiro atoms. The van der Waals surface area contributed by atoms with Crippen LogP contribution in [0.1, 0.15) is 36.8 Å². The predicted molar refractivity (Wildman–Crippen MR) is 74.8 cm³/mol. The van der Waals surface area contributed by atoms with Crippen molar-refractivity contribution in [2.24, 2.45) is 11.1 Å². The molecule has 0 heterocycles. The third-order valence-corrected chi connectivity index (χ3v) is 4.21. The van der Waals surface area contributed by atoms with E-state index >= 15 is 0 Å². The van der Waals surface area contributed by atoms with Gasteiger partial charge in [-0.25, -0.2) is 0 Å². The lowest BCUT2D eigenvalue weighted by Gasteiger charge is -2.40. The largest absolute Gasteiger partial charge is 0.416 e. The second kappa shape index (κ2) is 5.67. The highest BCUT2D eigenvalue weighted by Gasteiger charge is 2.37. The van der Waals surface area contributed by atoms with E-state index in [0.717, 1.165) is 25.3 Å². The van der Waals surface area contributed by atoms with Gasteiger partial charge < -0.3 is 11.1 Å². The Morgan fingerprint density at radius 1 is 1.38 bits per heavy atom. The first-order valence-electron chi connectivity index (χ1n) is 6.94. The number of carbonyl (C=O) groups excluding carboxylic acids is 1. The number of benzene rings is 1. The van der Waals surface area contributed by atoms with Crippen molar-refractivity contribution in [1.29, 1.82) is 0 Å². The van der Waals surface area contributed by atoms with Gasteiger partial charge >= 0.3 is 6.18 Å². The summed E-state index contributed by atoms with van der Waals surface area (Å²) in [5.41, 5.74) is 5.10. The van der Waals surface area contributed by atoms with E-state index in [1.165, 1.54) is 19.1 Å². The number of amides is 1. The topological polar surface area (TPSA) is 55.1 Å². The zero-order valence-electron chi connectivity index (χ0n) is 11.9. The van der Waals surface area contributed by atoms with Crippen molar-refractivity contribution in [2.45, 2.75) is 38.8 Å². The molecule has 2 rings (SSSR count). The molecule has 1 amide bonds. The lowest BCUT2D eigenvalue weighted by molar-refractivity contribution is -0.138. The molecule has 3 nitrogen and oxygen atoms in total. The summed E-state index contributed by atoms with van der Waals surface area (Å²) in [5, 5.41) is 2.55. The molecule has 1 aliphatic rings. The standard InChI is InChI=1S/C15H19F3N2O/c1-10-3-4-11(7-12(10)15(16,17)18)20-13(21)8-14(9-19)5-2-6-14/h3-4,7H,2,5-6,8-9,19H2,1H3,(H,20,21). The maximum absolute atomic E-state index is 12.8. The maximum Gasteiger partial charge on any atom is 0.416 e. The van der Waals surface area contributed by atoms with Crippen LogP contribution in [-0.2, 0) is 11.0 Å². The van der Waals surface area contributed by atoms with Gasteiger partial charge in [0.25, 0.3) is 0 Å². The smallest absolute Gasteiger partial charge is 0.330 e. The van der Waals surface area contributed by atoms with E-state index in [1.807, 2.05) is 0 Å². The van der Waals surface area contributed by atoms with Gasteiger partial charge in [0, 0.05) is 12.1 Å². The second-order valence-corrected chi connectivity index (χ2v) is 5.81. The Morgan fingerprint density at radius 2 is 2.05 bits per heavy atom. The highest BCUT2D eigenvalue weighted by molar-refractivity contribution is 5.91. The number of alkyl halides is 3. The molecule has 1 aromatic carbocycles. The van der Waals surface area contributed by atoms with Crippen LogP contribution in [0.2, 0.25) is 0 Å². The Hall–Kier alpha value is -1.56. The van der Waals surface area contributed by atoms with Gasteiger partial charge in [-0.2, -0.15) is 13.2 Å². The SMILES string of the molecule is Cc1ccc(NC(=O)CC2(CN)CCC2)cc1C(F)(F)F. The molecule has 0 bridgehead atoms. The third kappa shape index (κ3) is 3.56. The fraction of sp³-hybridized carbons (Fsp3) is 0.533. The van der Waals surface area contributed by atoms with Gasteiger partial charge in [-0.05, 0) is 49.4 Å². The highest BCUT2D eigenvalue weighted by Crippen LogP contribution is 2.43. The van der Waals surface area contributed by atoms with Crippen molar-refractivity contribution in [2.75, 3.05) is 11.9 Å². The molecule has 3 N–H and O–H groups in total. The van der Waals surface area contributed by atoms with Crippen LogP contribution >= 0.6 is 0 Å². The Balaban J connectivity index is 2.08. The van der Waals surface area contributed by atoms with Gasteiger partial charge in [-0.1, -0.05) is 12.5 Å². The molecule has 0 atom stereocenters. The van der Waals surface area contributed by atoms with Gasteiger partial charge in [0.15, 0.2) is 0 Å². The summed E-state index contributed by atoms with van der Waals surface area (Å²) in [4.78, 5) is 12.0. The first-order valence-corrected chi connectivity index (χ1v) is 6.94. The van der Waals surface area contributed by atoms with Crippen molar-refractivity contribution in [1.82, 2.24) is 0 Å². The van der Waals surface area contributed by atoms with Gasteiger partial charge in [-0.3, -0.25) is 4.79 Å². The minimum absolute atomic E-state index is 0.137. The van der Waals surface area contributed by atoms with E-state index in [1.54, 1.807) is 0 Å². The lowest BCUT2D eigenvalue weighted by atomic mass is 9.66. The Kier molecular flexibility index (Phi) is 4.27. The summed E-state index contributed by atoms with van der Waals surface area (Å²) in [5.74, 6) is -0.280. The minimum Gasteiger partial charge on any atom is -0.330 e. The van der Waals surface area contributed by atoms with Crippen LogP contribution in [0.25, 0.3) is 0 Å². The molecule has 1 aliphatic carbocycles. The quantitative estimate of drug-likeness (QED) is 0.894. The molecule has 0 aliphatic heterocycles. The molecule has 0 unspecified atom stereocenters. The van der Waals surface area contributed by atoms with Crippen molar-refractivity contribution in [3.05, 3.63) is 29.3 Å². The number of hydrogen-bond acceptors (Lipinski definition) is 2. The van der Waals surface area contributed by atoms with Crippen LogP contribution in [-0.4, -0.2) is 12.5 Å². The highest BCUT2D eigenvalue weighted by atomic mass is 19.4. The number of hydrogen-bond donors (Lipinski definition) is 2. The molecule has 6 heteroatoms. The number of carbonyl (C=O) groups is 1. The van der Waals surface area contributed by atoms with Crippen LogP contribution < -0.4 is 11.1 Å². The summed E-state index contributed by atoms with van der Waals surface area (Å²) in [6, 6.07) is 3.82. The summed E-state index contributed by atoms with van der Waals surface area (Å²) in [6.07, 6.45) is -1.31. The van der Waals surface area contributed by atoms with Crippen LogP contribution in [0.3, 0.4) is 0 Å². The number of rotatable bonds is 4. The molecule has 116 valence electrons. The maximum atomic E-state index is 12.8. The molecule has 1 fully saturated rings. The molecule has 21 heavy (non-hydrogen) atoms. The second-order valence-electron chi connectivity index (χ2n) is 5.81. The van der Waals surface area contributed by atoms with Crippen LogP contribution in [0.4, 0.5) is 18.9 Å². The Labute approximate surface area is 121 Å². The molecule has 0 radical (unpaired) electrons. The van der Waals surface area contributed by atoms with Crippen LogP contribution in [0.15, 0.2) is 18.2 Å². The van der Waals surface area contributed by atoms with Crippen molar-refractivity contribution >= 4 is 11.6 Å². The molecule has 0 saturated heterocycles. The van der Waals surface area contributed by atoms with E-state index in [2.05, 4.69) is 5.32 Å². The predicted octanol–water partition coefficient (Wildman–Crippen LogP) is 3.47. The number of anilines is 1. The molecule has 1 aromatic rings. The molecular weight excluding hydrogens is 281 g/mol. The zero-order chi connectivity index (χ0) is 15.7. The number of nitrogens with two attached hydrogens (primary N) is 1. The first-order chi connectivity index (χ1) is 9.76. The van der Waals surface area contributed by atoms with Crippen LogP contribution in [0.5, 0.6) is 0 Å². The van der Waals surface area contributed by atoms with Gasteiger partial charge in [0.1, 0.15) is 0 Å². The van der Waals surface area contributed by atoms with E-state index in [4.69, 9.17) is 5.73 Å². The van der Waals surface area contributed by atoms with Crippen molar-refractivity contribution in [3.8, 4) is 0 Å². The number of aryl methyl sites for hydroxylation is 1. The van der Waals surface area contributed by atoms with Crippen molar-refractivity contribution in [3.63, 3.8) is 0 Å². The average Bonchev–Trinajstić information content (AvgIpc) is 2.35. The lowest BCUT2D eigenvalue weighted by Crippen LogP contribution is -2.40. The van der Waals surface area contributed by atoms with Crippen LogP contribution in [0, 0.1) is 12.3 Å².